The normalized spacial score (nSPS) is 11.6. The molecule has 0 aliphatic heterocycles. The van der Waals surface area contributed by atoms with Crippen molar-refractivity contribution in [2.24, 2.45) is 4.99 Å². The van der Waals surface area contributed by atoms with Crippen LogP contribution in [0.15, 0.2) is 78.0 Å². The summed E-state index contributed by atoms with van der Waals surface area (Å²) in [7, 11) is 0. The fourth-order valence-corrected chi connectivity index (χ4v) is 3.14. The van der Waals surface area contributed by atoms with Gasteiger partial charge in [0, 0.05) is 5.04 Å². The van der Waals surface area contributed by atoms with Gasteiger partial charge in [0.25, 0.3) is 5.82 Å². The van der Waals surface area contributed by atoms with Crippen molar-refractivity contribution in [3.8, 4) is 0 Å². The van der Waals surface area contributed by atoms with Gasteiger partial charge in [0.15, 0.2) is 0 Å². The Bertz CT molecular complexity index is 823. The summed E-state index contributed by atoms with van der Waals surface area (Å²) >= 11 is 5.69. The third-order valence-electron chi connectivity index (χ3n) is 4.10. The lowest BCUT2D eigenvalue weighted by Gasteiger charge is -2.12. The number of benzene rings is 2. The van der Waals surface area contributed by atoms with Gasteiger partial charge in [-0.15, -0.1) is 0 Å². The lowest BCUT2D eigenvalue weighted by Crippen LogP contribution is -2.40. The van der Waals surface area contributed by atoms with Crippen LogP contribution >= 0.6 is 0 Å². The quantitative estimate of drug-likeness (QED) is 0.270. The molecule has 0 N–H and O–H groups in total. The molecule has 0 fully saturated rings. The Morgan fingerprint density at radius 2 is 1.72 bits per heavy atom. The van der Waals surface area contributed by atoms with Gasteiger partial charge in [-0.2, -0.15) is 0 Å². The van der Waals surface area contributed by atoms with Crippen LogP contribution < -0.4 is 4.57 Å². The number of aryl methyl sites for hydroxylation is 1. The summed E-state index contributed by atoms with van der Waals surface area (Å²) < 4.78 is 4.42. The Kier molecular flexibility index (Phi) is 5.96. The minimum atomic E-state index is 0.628. The summed E-state index contributed by atoms with van der Waals surface area (Å²) in [6.07, 6.45) is 6.49. The summed E-state index contributed by atoms with van der Waals surface area (Å²) in [5.41, 5.74) is 2.14. The van der Waals surface area contributed by atoms with Crippen LogP contribution in [-0.4, -0.2) is 9.61 Å². The predicted octanol–water partition coefficient (Wildman–Crippen LogP) is 4.25. The molecule has 3 aromatic rings. The number of hydrogen-bond donors (Lipinski definition) is 0. The Morgan fingerprint density at radius 1 is 1.04 bits per heavy atom. The lowest BCUT2D eigenvalue weighted by atomic mass is 10.2. The molecule has 4 heteroatoms. The predicted molar refractivity (Wildman–Crippen MR) is 105 cm³/mol. The topological polar surface area (TPSA) is 21.2 Å². The Balaban J connectivity index is 1.96. The van der Waals surface area contributed by atoms with Crippen LogP contribution in [0.3, 0.4) is 0 Å². The Morgan fingerprint density at radius 3 is 2.40 bits per heavy atom. The van der Waals surface area contributed by atoms with E-state index in [1.165, 1.54) is 5.56 Å². The van der Waals surface area contributed by atoms with E-state index in [9.17, 15) is 0 Å². The molecule has 0 aliphatic carbocycles. The van der Waals surface area contributed by atoms with Gasteiger partial charge in [-0.25, -0.2) is 9.13 Å². The van der Waals surface area contributed by atoms with Gasteiger partial charge in [-0.1, -0.05) is 61.9 Å². The minimum absolute atomic E-state index is 0.628. The van der Waals surface area contributed by atoms with Crippen LogP contribution in [0.5, 0.6) is 0 Å². The van der Waals surface area contributed by atoms with Crippen molar-refractivity contribution < 1.29 is 4.57 Å². The first-order valence-corrected chi connectivity index (χ1v) is 9.12. The number of unbranched alkanes of at least 4 members (excludes halogenated alkanes) is 1. The third kappa shape index (κ3) is 4.54. The fourth-order valence-electron chi connectivity index (χ4n) is 2.80. The molecule has 2 aromatic carbocycles. The zero-order valence-electron chi connectivity index (χ0n) is 14.5. The molecule has 0 aliphatic rings. The largest absolute Gasteiger partial charge is 0.752 e. The van der Waals surface area contributed by atoms with E-state index in [0.717, 1.165) is 37.4 Å². The SMILES string of the molecule is CCCCn1cc[n+](Cc2ccccc2)c1C([S-])=Nc1ccccc1. The van der Waals surface area contributed by atoms with Gasteiger partial charge in [-0.3, -0.25) is 4.99 Å². The number of aromatic nitrogens is 2. The molecule has 0 radical (unpaired) electrons. The highest BCUT2D eigenvalue weighted by atomic mass is 32.1. The fraction of sp³-hybridized carbons (Fsp3) is 0.238. The van der Waals surface area contributed by atoms with Gasteiger partial charge >= 0.3 is 0 Å². The maximum Gasteiger partial charge on any atom is 0.280 e. The van der Waals surface area contributed by atoms with Crippen LogP contribution in [-0.2, 0) is 25.7 Å². The average Bonchev–Trinajstić information content (AvgIpc) is 3.04. The van der Waals surface area contributed by atoms with Crippen LogP contribution in [0, 0.1) is 0 Å². The first-order valence-electron chi connectivity index (χ1n) is 8.71. The zero-order chi connectivity index (χ0) is 17.5. The van der Waals surface area contributed by atoms with Crippen LogP contribution in [0.1, 0.15) is 31.2 Å². The molecular weight excluding hydrogens is 326 g/mol. The standard InChI is InChI=1S/C21H23N3S/c1-2-3-14-23-15-16-24(17-18-10-6-4-7-11-18)21(23)20(25)22-19-12-8-5-9-13-19/h4-13,15-16H,2-3,14,17H2,1H3. The molecule has 0 atom stereocenters. The van der Waals surface area contributed by atoms with Gasteiger partial charge < -0.3 is 12.6 Å². The summed E-state index contributed by atoms with van der Waals surface area (Å²) in [5.74, 6) is 0.996. The Labute approximate surface area is 155 Å². The number of para-hydroxylation sites is 1. The van der Waals surface area contributed by atoms with Gasteiger partial charge in [0.05, 0.1) is 12.2 Å². The Hall–Kier alpha value is -2.46. The van der Waals surface area contributed by atoms with E-state index in [1.54, 1.807) is 0 Å². The summed E-state index contributed by atoms with van der Waals surface area (Å²) in [6, 6.07) is 20.4. The van der Waals surface area contributed by atoms with Crippen LogP contribution in [0.4, 0.5) is 5.69 Å². The number of rotatable bonds is 7. The van der Waals surface area contributed by atoms with Gasteiger partial charge in [-0.05, 0) is 24.1 Å². The van der Waals surface area contributed by atoms with Crippen LogP contribution in [0.25, 0.3) is 0 Å². The number of aliphatic imine (C=N–C) groups is 1. The number of hydrogen-bond acceptors (Lipinski definition) is 2. The highest BCUT2D eigenvalue weighted by Gasteiger charge is 2.16. The molecule has 0 saturated carbocycles. The summed E-state index contributed by atoms with van der Waals surface area (Å²) in [4.78, 5) is 4.66. The van der Waals surface area contributed by atoms with Gasteiger partial charge in [0.2, 0.25) is 0 Å². The van der Waals surface area contributed by atoms with E-state index >= 15 is 0 Å². The summed E-state index contributed by atoms with van der Waals surface area (Å²) in [6.45, 7) is 3.95. The van der Waals surface area contributed by atoms with Crippen molar-refractivity contribution in [1.29, 1.82) is 0 Å². The molecule has 0 amide bonds. The highest BCUT2D eigenvalue weighted by Crippen LogP contribution is 2.13. The monoisotopic (exact) mass is 349 g/mol. The maximum absolute atomic E-state index is 5.69. The van der Waals surface area contributed by atoms with Gasteiger partial charge in [0.1, 0.15) is 18.9 Å². The second-order valence-corrected chi connectivity index (χ2v) is 6.42. The molecule has 0 saturated heterocycles. The zero-order valence-corrected chi connectivity index (χ0v) is 15.3. The first kappa shape index (κ1) is 17.4. The van der Waals surface area contributed by atoms with E-state index < -0.39 is 0 Å². The van der Waals surface area contributed by atoms with Crippen molar-refractivity contribution in [1.82, 2.24) is 4.57 Å². The summed E-state index contributed by atoms with van der Waals surface area (Å²) in [5, 5.41) is 0.628. The number of imidazole rings is 1. The minimum Gasteiger partial charge on any atom is -0.752 e. The maximum atomic E-state index is 5.69. The molecule has 25 heavy (non-hydrogen) atoms. The second-order valence-electron chi connectivity index (χ2n) is 6.03. The molecule has 1 aromatic heterocycles. The van der Waals surface area contributed by atoms with Crippen molar-refractivity contribution in [2.75, 3.05) is 0 Å². The molecule has 0 spiro atoms. The van der Waals surface area contributed by atoms with Crippen molar-refractivity contribution in [3.05, 3.63) is 84.4 Å². The highest BCUT2D eigenvalue weighted by molar-refractivity contribution is 7.78. The molecule has 1 heterocycles. The molecule has 3 rings (SSSR count). The van der Waals surface area contributed by atoms with E-state index in [1.807, 2.05) is 36.4 Å². The third-order valence-corrected chi connectivity index (χ3v) is 4.37. The van der Waals surface area contributed by atoms with Crippen molar-refractivity contribution >= 4 is 23.4 Å². The van der Waals surface area contributed by atoms with Crippen molar-refractivity contribution in [2.45, 2.75) is 32.9 Å². The molecule has 3 nitrogen and oxygen atoms in total. The first-order chi connectivity index (χ1) is 12.3. The smallest absolute Gasteiger partial charge is 0.280 e. The van der Waals surface area contributed by atoms with E-state index in [2.05, 4.69) is 57.7 Å². The van der Waals surface area contributed by atoms with E-state index in [4.69, 9.17) is 12.6 Å². The molecule has 0 unspecified atom stereocenters. The second kappa shape index (κ2) is 8.58. The average molecular weight is 350 g/mol. The lowest BCUT2D eigenvalue weighted by molar-refractivity contribution is -0.688. The molecule has 128 valence electrons. The van der Waals surface area contributed by atoms with Crippen LogP contribution in [0.2, 0.25) is 0 Å². The molecule has 0 bridgehead atoms. The number of nitrogens with zero attached hydrogens (tertiary/aromatic N) is 3. The van der Waals surface area contributed by atoms with E-state index in [-0.39, 0.29) is 0 Å². The molecular formula is C21H23N3S. The van der Waals surface area contributed by atoms with Crippen molar-refractivity contribution in [3.63, 3.8) is 0 Å². The van der Waals surface area contributed by atoms with E-state index in [0.29, 0.717) is 5.04 Å².